The van der Waals surface area contributed by atoms with E-state index in [9.17, 15) is 8.76 Å². The zero-order valence-electron chi connectivity index (χ0n) is 7.02. The van der Waals surface area contributed by atoms with Gasteiger partial charge in [-0.2, -0.15) is 0 Å². The maximum atomic E-state index is 10.3. The van der Waals surface area contributed by atoms with Gasteiger partial charge in [0.05, 0.1) is 0 Å². The van der Waals surface area contributed by atoms with Gasteiger partial charge in [0.1, 0.15) is 0 Å². The zero-order valence-corrected chi connectivity index (χ0v) is 11.8. The molecular weight excluding hydrogens is 356 g/mol. The fourth-order valence-corrected chi connectivity index (χ4v) is 1.01. The predicted octanol–water partition coefficient (Wildman–Crippen LogP) is 3.30. The van der Waals surface area contributed by atoms with E-state index in [-0.39, 0.29) is 0 Å². The maximum absolute atomic E-state index is 10.3. The molecule has 0 bridgehead atoms. The summed E-state index contributed by atoms with van der Waals surface area (Å²) in [4.78, 5) is 0.339. The summed E-state index contributed by atoms with van der Waals surface area (Å²) >= 11 is -3.84. The van der Waals surface area contributed by atoms with Gasteiger partial charge in [0.2, 0.25) is 0 Å². The Bertz CT molecular complexity index is 289. The van der Waals surface area contributed by atoms with Gasteiger partial charge >= 0.3 is 42.1 Å². The standard InChI is InChI=1S/C7H8O2S.3ClH.Ru/c1-6-2-4-7(5-3-6)10(8)9;;;;/h2-5H,1H3,(H,8,9);3*1H;/q;;;;+3/p-4. The molecule has 0 aromatic heterocycles. The van der Waals surface area contributed by atoms with Crippen LogP contribution in [0.25, 0.3) is 0 Å². The molecule has 0 N–H and O–H groups in total. The predicted molar refractivity (Wildman–Crippen MR) is 55.9 cm³/mol. The number of benzene rings is 1. The van der Waals surface area contributed by atoms with E-state index in [1.807, 2.05) is 6.92 Å². The van der Waals surface area contributed by atoms with Crippen LogP contribution in [-0.4, -0.2) is 8.76 Å². The monoisotopic (exact) mass is 362 g/mol. The van der Waals surface area contributed by atoms with Gasteiger partial charge in [-0.05, 0) is 30.1 Å². The Balaban J connectivity index is 0.000000364. The Labute approximate surface area is 103 Å². The normalized spacial score (nSPS) is 12.5. The number of rotatable bonds is 1. The first-order chi connectivity index (χ1) is 6.43. The molecule has 0 aliphatic heterocycles. The SMILES string of the molecule is Cc1ccc(S(=O)[O-])cc1.[Cl][Ru]([Cl])[Cl]. The van der Waals surface area contributed by atoms with Gasteiger partial charge in [0.25, 0.3) is 0 Å². The Morgan fingerprint density at radius 3 is 1.86 bits per heavy atom. The molecule has 14 heavy (non-hydrogen) atoms. The van der Waals surface area contributed by atoms with Gasteiger partial charge in [0.15, 0.2) is 0 Å². The van der Waals surface area contributed by atoms with Crippen molar-refractivity contribution in [1.82, 2.24) is 0 Å². The fourth-order valence-electron chi connectivity index (χ4n) is 0.649. The summed E-state index contributed by atoms with van der Waals surface area (Å²) in [6.07, 6.45) is 0. The molecular formula is C7H7Cl3O2RuS-. The van der Waals surface area contributed by atoms with Crippen molar-refractivity contribution in [2.45, 2.75) is 11.8 Å². The second-order valence-electron chi connectivity index (χ2n) is 2.20. The summed E-state index contributed by atoms with van der Waals surface area (Å²) in [7, 11) is 14.8. The van der Waals surface area contributed by atoms with Crippen molar-refractivity contribution >= 4 is 40.2 Å². The summed E-state index contributed by atoms with van der Waals surface area (Å²) < 4.78 is 20.6. The van der Waals surface area contributed by atoms with Gasteiger partial charge < -0.3 is 4.55 Å². The fraction of sp³-hybridized carbons (Fsp3) is 0.143. The number of hydrogen-bond acceptors (Lipinski definition) is 2. The van der Waals surface area contributed by atoms with Crippen molar-refractivity contribution in [2.24, 2.45) is 0 Å². The van der Waals surface area contributed by atoms with Crippen LogP contribution in [0.3, 0.4) is 0 Å². The molecule has 0 aliphatic rings. The van der Waals surface area contributed by atoms with Gasteiger partial charge in [-0.3, -0.25) is 4.21 Å². The molecule has 0 radical (unpaired) electrons. The van der Waals surface area contributed by atoms with E-state index < -0.39 is 24.1 Å². The minimum atomic E-state index is -2.09. The van der Waals surface area contributed by atoms with E-state index in [0.29, 0.717) is 4.90 Å². The summed E-state index contributed by atoms with van der Waals surface area (Å²) in [5, 5.41) is 0. The van der Waals surface area contributed by atoms with E-state index in [4.69, 9.17) is 29.1 Å². The average Bonchev–Trinajstić information content (AvgIpc) is 2.03. The molecule has 0 aliphatic carbocycles. The molecule has 83 valence electrons. The van der Waals surface area contributed by atoms with E-state index in [1.165, 1.54) is 0 Å². The van der Waals surface area contributed by atoms with E-state index >= 15 is 0 Å². The van der Waals surface area contributed by atoms with Crippen LogP contribution in [0.4, 0.5) is 0 Å². The van der Waals surface area contributed by atoms with E-state index in [0.717, 1.165) is 5.56 Å². The third-order valence-corrected chi connectivity index (χ3v) is 1.87. The quantitative estimate of drug-likeness (QED) is 0.568. The molecule has 1 aromatic carbocycles. The zero-order chi connectivity index (χ0) is 11.1. The van der Waals surface area contributed by atoms with Gasteiger partial charge in [-0.15, -0.1) is 0 Å². The minimum absolute atomic E-state index is 0.339. The average molecular weight is 363 g/mol. The molecule has 7 heteroatoms. The molecule has 2 nitrogen and oxygen atoms in total. The van der Waals surface area contributed by atoms with Crippen LogP contribution in [0.1, 0.15) is 5.56 Å². The summed E-state index contributed by atoms with van der Waals surface area (Å²) in [5.41, 5.74) is 1.06. The van der Waals surface area contributed by atoms with Gasteiger partial charge in [-0.25, -0.2) is 0 Å². The van der Waals surface area contributed by atoms with Crippen LogP contribution in [0, 0.1) is 6.92 Å². The Kier molecular flexibility index (Phi) is 8.50. The third-order valence-electron chi connectivity index (χ3n) is 1.21. The topological polar surface area (TPSA) is 40.1 Å². The van der Waals surface area contributed by atoms with Crippen LogP contribution in [0.15, 0.2) is 29.2 Å². The third kappa shape index (κ3) is 8.16. The summed E-state index contributed by atoms with van der Waals surface area (Å²) in [5.74, 6) is 0. The molecule has 0 amide bonds. The molecule has 0 spiro atoms. The molecule has 1 aromatic rings. The Morgan fingerprint density at radius 2 is 1.57 bits per heavy atom. The van der Waals surface area contributed by atoms with Crippen molar-refractivity contribution < 1.29 is 21.7 Å². The second-order valence-corrected chi connectivity index (χ2v) is 11.1. The molecule has 1 unspecified atom stereocenters. The first-order valence-electron chi connectivity index (χ1n) is 3.26. The van der Waals surface area contributed by atoms with Crippen LogP contribution in [0.5, 0.6) is 0 Å². The summed E-state index contributed by atoms with van der Waals surface area (Å²) in [6.45, 7) is 1.91. The van der Waals surface area contributed by atoms with Crippen LogP contribution in [0.2, 0.25) is 0 Å². The molecule has 0 saturated heterocycles. The van der Waals surface area contributed by atoms with Crippen molar-refractivity contribution in [2.75, 3.05) is 0 Å². The molecule has 1 atom stereocenters. The summed E-state index contributed by atoms with van der Waals surface area (Å²) in [6, 6.07) is 6.70. The number of halogens is 3. The molecule has 0 heterocycles. The van der Waals surface area contributed by atoms with Gasteiger partial charge in [-0.1, -0.05) is 17.7 Å². The van der Waals surface area contributed by atoms with E-state index in [1.54, 1.807) is 24.3 Å². The molecule has 1 rings (SSSR count). The van der Waals surface area contributed by atoms with Crippen molar-refractivity contribution in [3.63, 3.8) is 0 Å². The number of aryl methyl sites for hydroxylation is 1. The van der Waals surface area contributed by atoms with Crippen molar-refractivity contribution in [1.29, 1.82) is 0 Å². The van der Waals surface area contributed by atoms with Gasteiger partial charge in [0, 0.05) is 4.90 Å². The molecule has 0 fully saturated rings. The first kappa shape index (κ1) is 14.8. The second kappa shape index (κ2) is 8.03. The Morgan fingerprint density at radius 1 is 1.21 bits per heavy atom. The molecule has 0 saturated carbocycles. The number of hydrogen-bond donors (Lipinski definition) is 0. The van der Waals surface area contributed by atoms with Crippen molar-refractivity contribution in [3.05, 3.63) is 29.8 Å². The van der Waals surface area contributed by atoms with Crippen LogP contribution >= 0.6 is 29.1 Å². The van der Waals surface area contributed by atoms with E-state index in [2.05, 4.69) is 0 Å². The van der Waals surface area contributed by atoms with Crippen LogP contribution < -0.4 is 0 Å². The Hall–Kier alpha value is 0.823. The van der Waals surface area contributed by atoms with Crippen molar-refractivity contribution in [3.8, 4) is 0 Å². The first-order valence-corrected chi connectivity index (χ1v) is 11.0. The van der Waals surface area contributed by atoms with Crippen LogP contribution in [-0.2, 0) is 24.1 Å².